The van der Waals surface area contributed by atoms with Gasteiger partial charge in [-0.3, -0.25) is 4.90 Å². The number of nitrogens with zero attached hydrogens (tertiary/aromatic N) is 3. The maximum absolute atomic E-state index is 13.3. The van der Waals surface area contributed by atoms with E-state index in [2.05, 4.69) is 23.7 Å². The zero-order valence-corrected chi connectivity index (χ0v) is 21.5. The van der Waals surface area contributed by atoms with Crippen LogP contribution in [0.4, 0.5) is 13.2 Å². The Morgan fingerprint density at radius 3 is 2.41 bits per heavy atom. The van der Waals surface area contributed by atoms with E-state index in [0.717, 1.165) is 48.8 Å². The summed E-state index contributed by atoms with van der Waals surface area (Å²) in [7, 11) is 1.73. The van der Waals surface area contributed by atoms with E-state index in [1.54, 1.807) is 18.5 Å². The van der Waals surface area contributed by atoms with E-state index in [0.29, 0.717) is 44.8 Å². The first-order chi connectivity index (χ1) is 16.0. The van der Waals surface area contributed by atoms with Crippen molar-refractivity contribution in [2.75, 3.05) is 13.1 Å². The second kappa shape index (κ2) is 9.71. The van der Waals surface area contributed by atoms with E-state index in [-0.39, 0.29) is 0 Å². The molecule has 4 rings (SSSR count). The Labute approximate surface area is 208 Å². The van der Waals surface area contributed by atoms with Crippen molar-refractivity contribution in [1.29, 1.82) is 0 Å². The van der Waals surface area contributed by atoms with Gasteiger partial charge in [-0.05, 0) is 79.6 Å². The molecule has 2 heterocycles. The molecular weight excluding hydrogens is 482 g/mol. The van der Waals surface area contributed by atoms with Crippen molar-refractivity contribution in [3.05, 3.63) is 62.4 Å². The van der Waals surface area contributed by atoms with Gasteiger partial charge >= 0.3 is 6.18 Å². The second-order valence-electron chi connectivity index (χ2n) is 9.78. The zero-order chi connectivity index (χ0) is 24.8. The Balaban J connectivity index is 1.61. The molecule has 0 bridgehead atoms. The van der Waals surface area contributed by atoms with Crippen LogP contribution in [0.1, 0.15) is 54.8 Å². The van der Waals surface area contributed by atoms with E-state index in [1.165, 1.54) is 12.8 Å². The minimum atomic E-state index is -4.41. The van der Waals surface area contributed by atoms with E-state index in [9.17, 15) is 13.2 Å². The highest BCUT2D eigenvalue weighted by atomic mass is 35.5. The Hall–Kier alpha value is -1.76. The zero-order valence-electron chi connectivity index (χ0n) is 19.9. The van der Waals surface area contributed by atoms with Crippen molar-refractivity contribution < 1.29 is 13.2 Å². The van der Waals surface area contributed by atoms with Crippen LogP contribution in [-0.4, -0.2) is 27.5 Å². The lowest BCUT2D eigenvalue weighted by molar-refractivity contribution is -0.137. The molecule has 8 heteroatoms. The number of imidazole rings is 1. The smallest absolute Gasteiger partial charge is 0.331 e. The topological polar surface area (TPSA) is 21.1 Å². The van der Waals surface area contributed by atoms with Crippen LogP contribution < -0.4 is 0 Å². The van der Waals surface area contributed by atoms with Gasteiger partial charge in [-0.25, -0.2) is 4.98 Å². The fourth-order valence-electron chi connectivity index (χ4n) is 4.93. The molecule has 0 unspecified atom stereocenters. The molecule has 184 valence electrons. The molecule has 0 radical (unpaired) electrons. The molecule has 0 saturated carbocycles. The number of likely N-dealkylation sites (tertiary alicyclic amines) is 1. The summed E-state index contributed by atoms with van der Waals surface area (Å²) in [4.78, 5) is 7.08. The number of hydrogen-bond donors (Lipinski definition) is 0. The number of rotatable bonds is 5. The molecule has 1 aliphatic rings. The number of piperidine rings is 1. The van der Waals surface area contributed by atoms with E-state index < -0.39 is 11.7 Å². The lowest BCUT2D eigenvalue weighted by atomic mass is 9.86. The Morgan fingerprint density at radius 2 is 1.79 bits per heavy atom. The Morgan fingerprint density at radius 1 is 1.12 bits per heavy atom. The molecule has 3 aromatic rings. The quantitative estimate of drug-likeness (QED) is 0.350. The molecule has 1 saturated heterocycles. The minimum absolute atomic E-state index is 0.340. The van der Waals surface area contributed by atoms with Crippen LogP contribution in [0.3, 0.4) is 0 Å². The highest BCUT2D eigenvalue weighted by Crippen LogP contribution is 2.35. The molecule has 1 fully saturated rings. The molecule has 1 aliphatic heterocycles. The van der Waals surface area contributed by atoms with Gasteiger partial charge < -0.3 is 4.57 Å². The summed E-state index contributed by atoms with van der Waals surface area (Å²) in [5.41, 5.74) is 2.58. The van der Waals surface area contributed by atoms with Gasteiger partial charge in [0.05, 0.1) is 21.6 Å². The van der Waals surface area contributed by atoms with Gasteiger partial charge in [0, 0.05) is 25.0 Å². The molecule has 0 atom stereocenters. The first-order valence-electron chi connectivity index (χ1n) is 11.7. The van der Waals surface area contributed by atoms with Crippen molar-refractivity contribution in [2.24, 2.45) is 18.9 Å². The number of hydrogen-bond acceptors (Lipinski definition) is 2. The van der Waals surface area contributed by atoms with Crippen LogP contribution in [-0.2, 0) is 26.2 Å². The predicted molar refractivity (Wildman–Crippen MR) is 133 cm³/mol. The summed E-state index contributed by atoms with van der Waals surface area (Å²) in [6.45, 7) is 9.07. The largest absolute Gasteiger partial charge is 0.416 e. The number of halogens is 5. The molecule has 0 spiro atoms. The molecule has 1 aromatic heterocycles. The number of benzene rings is 2. The summed E-state index contributed by atoms with van der Waals surface area (Å²) in [5.74, 6) is 2.10. The maximum Gasteiger partial charge on any atom is 0.416 e. The SMILES string of the molecule is Cc1cc(C(F)(F)F)cc2c1nc(Cc1c(Cl)ccc(CN3CCC(C(C)C)CC3)c1Cl)n2C. The van der Waals surface area contributed by atoms with Gasteiger partial charge in [-0.15, -0.1) is 0 Å². The average molecular weight is 512 g/mol. The summed E-state index contributed by atoms with van der Waals surface area (Å²) in [5, 5.41) is 1.14. The fourth-order valence-corrected chi connectivity index (χ4v) is 5.50. The molecule has 34 heavy (non-hydrogen) atoms. The fraction of sp³-hybridized carbons (Fsp3) is 0.500. The van der Waals surface area contributed by atoms with Crippen molar-refractivity contribution in [3.63, 3.8) is 0 Å². The van der Waals surface area contributed by atoms with Crippen LogP contribution >= 0.6 is 23.2 Å². The predicted octanol–water partition coefficient (Wildman–Crippen LogP) is 7.67. The number of aryl methyl sites for hydroxylation is 2. The van der Waals surface area contributed by atoms with Crippen LogP contribution in [0.5, 0.6) is 0 Å². The van der Waals surface area contributed by atoms with Crippen LogP contribution in [0.2, 0.25) is 10.0 Å². The highest BCUT2D eigenvalue weighted by Gasteiger charge is 2.32. The van der Waals surface area contributed by atoms with Crippen LogP contribution in [0, 0.1) is 18.8 Å². The summed E-state index contributed by atoms with van der Waals surface area (Å²) in [6, 6.07) is 6.12. The van der Waals surface area contributed by atoms with Gasteiger partial charge in [0.25, 0.3) is 0 Å². The van der Waals surface area contributed by atoms with Crippen molar-refractivity contribution in [3.8, 4) is 0 Å². The lowest BCUT2D eigenvalue weighted by Crippen LogP contribution is -2.34. The third-order valence-electron chi connectivity index (χ3n) is 7.17. The minimum Gasteiger partial charge on any atom is -0.331 e. The third kappa shape index (κ3) is 5.09. The van der Waals surface area contributed by atoms with Crippen LogP contribution in [0.25, 0.3) is 11.0 Å². The third-order valence-corrected chi connectivity index (χ3v) is 7.99. The standard InChI is InChI=1S/C26H30Cl2F3N3/c1-15(2)17-7-9-34(10-8-17)14-18-5-6-21(27)20(24(18)28)13-23-32-25-16(3)11-19(26(29,30)31)12-22(25)33(23)4/h5-6,11-12,15,17H,7-10,13-14H2,1-4H3. The van der Waals surface area contributed by atoms with E-state index in [4.69, 9.17) is 23.2 Å². The monoisotopic (exact) mass is 511 g/mol. The average Bonchev–Trinajstić information content (AvgIpc) is 3.09. The molecule has 2 aromatic carbocycles. The first kappa shape index (κ1) is 25.3. The number of fused-ring (bicyclic) bond motifs is 1. The molecule has 0 aliphatic carbocycles. The Kier molecular flexibility index (Phi) is 7.24. The van der Waals surface area contributed by atoms with E-state index >= 15 is 0 Å². The first-order valence-corrected chi connectivity index (χ1v) is 12.4. The van der Waals surface area contributed by atoms with E-state index in [1.807, 2.05) is 12.1 Å². The molecule has 0 amide bonds. The van der Waals surface area contributed by atoms with Gasteiger partial charge in [-0.2, -0.15) is 13.2 Å². The lowest BCUT2D eigenvalue weighted by Gasteiger charge is -2.34. The maximum atomic E-state index is 13.3. The summed E-state index contributed by atoms with van der Waals surface area (Å²) >= 11 is 13.4. The highest BCUT2D eigenvalue weighted by molar-refractivity contribution is 6.36. The molecular formula is C26H30Cl2F3N3. The molecule has 3 nitrogen and oxygen atoms in total. The van der Waals surface area contributed by atoms with Crippen molar-refractivity contribution in [2.45, 2.75) is 52.8 Å². The van der Waals surface area contributed by atoms with Gasteiger partial charge in [0.1, 0.15) is 5.82 Å². The number of aromatic nitrogens is 2. The molecule has 0 N–H and O–H groups in total. The normalized spacial score (nSPS) is 16.2. The van der Waals surface area contributed by atoms with Crippen molar-refractivity contribution >= 4 is 34.2 Å². The Bertz CT molecular complexity index is 1190. The van der Waals surface area contributed by atoms with Gasteiger partial charge in [0.2, 0.25) is 0 Å². The summed E-state index contributed by atoms with van der Waals surface area (Å²) in [6.07, 6.45) is -1.69. The van der Waals surface area contributed by atoms with Crippen LogP contribution in [0.15, 0.2) is 24.3 Å². The summed E-state index contributed by atoms with van der Waals surface area (Å²) < 4.78 is 41.7. The van der Waals surface area contributed by atoms with Gasteiger partial charge in [0.15, 0.2) is 0 Å². The van der Waals surface area contributed by atoms with Gasteiger partial charge in [-0.1, -0.05) is 43.1 Å². The second-order valence-corrected chi connectivity index (χ2v) is 10.6. The van der Waals surface area contributed by atoms with Crippen molar-refractivity contribution in [1.82, 2.24) is 14.5 Å². The number of alkyl halides is 3.